The van der Waals surface area contributed by atoms with Gasteiger partial charge in [-0.1, -0.05) is 12.1 Å². The van der Waals surface area contributed by atoms with E-state index in [0.29, 0.717) is 5.69 Å². The van der Waals surface area contributed by atoms with Crippen molar-refractivity contribution in [1.82, 2.24) is 15.1 Å². The highest BCUT2D eigenvalue weighted by molar-refractivity contribution is 5.91. The predicted molar refractivity (Wildman–Crippen MR) is 69.6 cm³/mol. The molecule has 0 saturated heterocycles. The van der Waals surface area contributed by atoms with Gasteiger partial charge in [0.05, 0.1) is 5.69 Å². The van der Waals surface area contributed by atoms with Gasteiger partial charge in [0.25, 0.3) is 5.91 Å². The minimum atomic E-state index is -0.194. The van der Waals surface area contributed by atoms with Gasteiger partial charge >= 0.3 is 0 Å². The zero-order valence-electron chi connectivity index (χ0n) is 10.4. The van der Waals surface area contributed by atoms with Crippen LogP contribution in [0.15, 0.2) is 36.5 Å². The fraction of sp³-hybridized carbons (Fsp3) is 0.231. The van der Waals surface area contributed by atoms with Crippen molar-refractivity contribution in [3.63, 3.8) is 0 Å². The molecule has 0 aliphatic heterocycles. The molecule has 2 aromatic rings. The zero-order valence-corrected chi connectivity index (χ0v) is 10.4. The lowest BCUT2D eigenvalue weighted by atomic mass is 10.1. The van der Waals surface area contributed by atoms with Crippen LogP contribution in [-0.4, -0.2) is 22.7 Å². The second-order valence-corrected chi connectivity index (χ2v) is 4.10. The van der Waals surface area contributed by atoms with Crippen molar-refractivity contribution >= 4 is 5.91 Å². The smallest absolute Gasteiger partial charge is 0.271 e. The largest absolute Gasteiger partial charge is 0.354 e. The Labute approximate surface area is 106 Å². The summed E-state index contributed by atoms with van der Waals surface area (Å²) >= 11 is 0. The standard InChI is InChI=1S/C13H16N4O/c1-9(14)10-3-5-11(6-4-10)17-8-7-12(16-17)13(18)15-2/h3-9H,14H2,1-2H3,(H,15,18)/t9-/m0/s1. The average Bonchev–Trinajstić information content (AvgIpc) is 2.87. The van der Waals surface area contributed by atoms with Gasteiger partial charge in [-0.2, -0.15) is 5.10 Å². The predicted octanol–water partition coefficient (Wildman–Crippen LogP) is 1.25. The lowest BCUT2D eigenvalue weighted by molar-refractivity contribution is 0.0957. The number of hydrogen-bond acceptors (Lipinski definition) is 3. The van der Waals surface area contributed by atoms with Crippen molar-refractivity contribution in [3.8, 4) is 5.69 Å². The molecule has 0 fully saturated rings. The van der Waals surface area contributed by atoms with Gasteiger partial charge in [0, 0.05) is 19.3 Å². The molecule has 2 rings (SSSR count). The number of hydrogen-bond donors (Lipinski definition) is 2. The van der Waals surface area contributed by atoms with E-state index in [9.17, 15) is 4.79 Å². The van der Waals surface area contributed by atoms with Gasteiger partial charge in [-0.15, -0.1) is 0 Å². The number of aromatic nitrogens is 2. The van der Waals surface area contributed by atoms with Crippen molar-refractivity contribution in [2.75, 3.05) is 7.05 Å². The molecule has 0 spiro atoms. The van der Waals surface area contributed by atoms with Crippen LogP contribution in [0.25, 0.3) is 5.69 Å². The van der Waals surface area contributed by atoms with Crippen LogP contribution in [0.1, 0.15) is 29.0 Å². The SMILES string of the molecule is CNC(=O)c1ccn(-c2ccc([C@H](C)N)cc2)n1. The molecule has 1 aromatic carbocycles. The van der Waals surface area contributed by atoms with Gasteiger partial charge in [0.15, 0.2) is 5.69 Å². The van der Waals surface area contributed by atoms with Gasteiger partial charge in [-0.05, 0) is 30.7 Å². The number of rotatable bonds is 3. The van der Waals surface area contributed by atoms with Crippen molar-refractivity contribution in [2.45, 2.75) is 13.0 Å². The summed E-state index contributed by atoms with van der Waals surface area (Å²) in [6.45, 7) is 1.94. The molecule has 1 heterocycles. The van der Waals surface area contributed by atoms with Gasteiger partial charge < -0.3 is 11.1 Å². The number of amides is 1. The van der Waals surface area contributed by atoms with Gasteiger partial charge in [-0.3, -0.25) is 4.79 Å². The van der Waals surface area contributed by atoms with E-state index in [1.165, 1.54) is 0 Å². The molecule has 3 N–H and O–H groups in total. The molecule has 94 valence electrons. The van der Waals surface area contributed by atoms with Crippen LogP contribution < -0.4 is 11.1 Å². The maximum atomic E-state index is 11.4. The number of nitrogens with two attached hydrogens (primary N) is 1. The number of carbonyl (C=O) groups is 1. The van der Waals surface area contributed by atoms with Gasteiger partial charge in [-0.25, -0.2) is 4.68 Å². The molecule has 1 atom stereocenters. The molecule has 1 aromatic heterocycles. The van der Waals surface area contributed by atoms with Crippen LogP contribution >= 0.6 is 0 Å². The van der Waals surface area contributed by atoms with Crippen LogP contribution in [0.3, 0.4) is 0 Å². The molecule has 0 aliphatic rings. The summed E-state index contributed by atoms with van der Waals surface area (Å²) < 4.78 is 1.66. The van der Waals surface area contributed by atoms with E-state index in [0.717, 1.165) is 11.3 Å². The fourth-order valence-corrected chi connectivity index (χ4v) is 1.65. The fourth-order valence-electron chi connectivity index (χ4n) is 1.65. The van der Waals surface area contributed by atoms with E-state index in [-0.39, 0.29) is 11.9 Å². The summed E-state index contributed by atoms with van der Waals surface area (Å²) in [5, 5.41) is 6.74. The second-order valence-electron chi connectivity index (χ2n) is 4.10. The molecule has 18 heavy (non-hydrogen) atoms. The van der Waals surface area contributed by atoms with Crippen molar-refractivity contribution < 1.29 is 4.79 Å². The summed E-state index contributed by atoms with van der Waals surface area (Å²) in [6.07, 6.45) is 1.76. The van der Waals surface area contributed by atoms with Crippen molar-refractivity contribution in [1.29, 1.82) is 0 Å². The Bertz CT molecular complexity index is 542. The summed E-state index contributed by atoms with van der Waals surface area (Å²) in [5.74, 6) is -0.194. The Kier molecular flexibility index (Phi) is 3.43. The third-order valence-corrected chi connectivity index (χ3v) is 2.73. The van der Waals surface area contributed by atoms with E-state index in [1.54, 1.807) is 24.0 Å². The molecule has 0 saturated carbocycles. The number of nitrogens with zero attached hydrogens (tertiary/aromatic N) is 2. The van der Waals surface area contributed by atoms with Crippen LogP contribution in [0, 0.1) is 0 Å². The Morgan fingerprint density at radius 1 is 1.33 bits per heavy atom. The molecule has 0 unspecified atom stereocenters. The molecule has 0 radical (unpaired) electrons. The van der Waals surface area contributed by atoms with E-state index in [1.807, 2.05) is 31.2 Å². The Morgan fingerprint density at radius 3 is 2.56 bits per heavy atom. The quantitative estimate of drug-likeness (QED) is 0.853. The first-order chi connectivity index (χ1) is 8.61. The Morgan fingerprint density at radius 2 is 2.00 bits per heavy atom. The van der Waals surface area contributed by atoms with Crippen LogP contribution in [0.5, 0.6) is 0 Å². The topological polar surface area (TPSA) is 72.9 Å². The molecule has 0 aliphatic carbocycles. The first-order valence-electron chi connectivity index (χ1n) is 5.75. The van der Waals surface area contributed by atoms with Crippen LogP contribution in [-0.2, 0) is 0 Å². The van der Waals surface area contributed by atoms with E-state index < -0.39 is 0 Å². The molecule has 5 nitrogen and oxygen atoms in total. The summed E-state index contributed by atoms with van der Waals surface area (Å²) in [6, 6.07) is 9.47. The van der Waals surface area contributed by atoms with E-state index in [2.05, 4.69) is 10.4 Å². The Balaban J connectivity index is 2.26. The van der Waals surface area contributed by atoms with Crippen molar-refractivity contribution in [3.05, 3.63) is 47.8 Å². The van der Waals surface area contributed by atoms with Gasteiger partial charge in [0.1, 0.15) is 0 Å². The number of nitrogens with one attached hydrogen (secondary N) is 1. The second kappa shape index (κ2) is 5.01. The summed E-state index contributed by atoms with van der Waals surface area (Å²) in [5.41, 5.74) is 8.15. The first-order valence-corrected chi connectivity index (χ1v) is 5.75. The number of carbonyl (C=O) groups excluding carboxylic acids is 1. The van der Waals surface area contributed by atoms with E-state index >= 15 is 0 Å². The minimum Gasteiger partial charge on any atom is -0.354 e. The lowest BCUT2D eigenvalue weighted by Crippen LogP contribution is -2.18. The molecule has 5 heteroatoms. The highest BCUT2D eigenvalue weighted by Crippen LogP contribution is 2.13. The molecular weight excluding hydrogens is 228 g/mol. The monoisotopic (exact) mass is 244 g/mol. The average molecular weight is 244 g/mol. The Hall–Kier alpha value is -2.14. The highest BCUT2D eigenvalue weighted by atomic mass is 16.1. The molecular formula is C13H16N4O. The molecule has 1 amide bonds. The maximum absolute atomic E-state index is 11.4. The highest BCUT2D eigenvalue weighted by Gasteiger charge is 2.08. The minimum absolute atomic E-state index is 0.0121. The molecule has 0 bridgehead atoms. The summed E-state index contributed by atoms with van der Waals surface area (Å²) in [4.78, 5) is 11.4. The van der Waals surface area contributed by atoms with E-state index in [4.69, 9.17) is 5.73 Å². The lowest BCUT2D eigenvalue weighted by Gasteiger charge is -2.06. The van der Waals surface area contributed by atoms with Crippen LogP contribution in [0.4, 0.5) is 0 Å². The maximum Gasteiger partial charge on any atom is 0.271 e. The normalized spacial score (nSPS) is 12.2. The number of benzene rings is 1. The third kappa shape index (κ3) is 2.41. The van der Waals surface area contributed by atoms with Crippen molar-refractivity contribution in [2.24, 2.45) is 5.73 Å². The first kappa shape index (κ1) is 12.3. The zero-order chi connectivity index (χ0) is 13.1. The van der Waals surface area contributed by atoms with Gasteiger partial charge in [0.2, 0.25) is 0 Å². The third-order valence-electron chi connectivity index (χ3n) is 2.73. The summed E-state index contributed by atoms with van der Waals surface area (Å²) in [7, 11) is 1.58. The van der Waals surface area contributed by atoms with Crippen LogP contribution in [0.2, 0.25) is 0 Å².